The molecule has 0 aliphatic carbocycles. The van der Waals surface area contributed by atoms with E-state index in [9.17, 15) is 13.2 Å². The van der Waals surface area contributed by atoms with Crippen LogP contribution in [0.2, 0.25) is 0 Å². The molecule has 5 nitrogen and oxygen atoms in total. The average molecular weight is 295 g/mol. The maximum absolute atomic E-state index is 10.7. The van der Waals surface area contributed by atoms with E-state index < -0.39 is 17.7 Å². The molecule has 0 aromatic carbocycles. The van der Waals surface area contributed by atoms with E-state index in [1.807, 2.05) is 0 Å². The van der Waals surface area contributed by atoms with E-state index in [1.165, 1.54) is 13.1 Å². The zero-order chi connectivity index (χ0) is 14.8. The van der Waals surface area contributed by atoms with E-state index in [0.29, 0.717) is 0 Å². The highest BCUT2D eigenvalue weighted by atomic mass is 32.2. The van der Waals surface area contributed by atoms with Gasteiger partial charge in [0, 0.05) is 7.11 Å². The molecule has 18 heavy (non-hydrogen) atoms. The quantitative estimate of drug-likeness (QED) is 0.549. The van der Waals surface area contributed by atoms with Gasteiger partial charge in [-0.2, -0.15) is 0 Å². The van der Waals surface area contributed by atoms with E-state index in [2.05, 4.69) is 25.1 Å². The Morgan fingerprint density at radius 1 is 1.28 bits per heavy atom. The van der Waals surface area contributed by atoms with Crippen molar-refractivity contribution in [3.05, 3.63) is 0 Å². The summed E-state index contributed by atoms with van der Waals surface area (Å²) in [5.74, 6) is 0. The van der Waals surface area contributed by atoms with Crippen LogP contribution < -0.4 is 0 Å². The Morgan fingerprint density at radius 3 is 1.89 bits per heavy atom. The van der Waals surface area contributed by atoms with E-state index in [1.54, 1.807) is 7.11 Å². The van der Waals surface area contributed by atoms with Crippen molar-refractivity contribution in [3.63, 3.8) is 0 Å². The molecule has 0 aliphatic rings. The molecule has 0 N–H and O–H groups in total. The Morgan fingerprint density at radius 2 is 1.72 bits per heavy atom. The minimum atomic E-state index is -5.09. The van der Waals surface area contributed by atoms with Crippen LogP contribution in [0.3, 0.4) is 0 Å². The van der Waals surface area contributed by atoms with Gasteiger partial charge >= 0.3 is 6.36 Å². The van der Waals surface area contributed by atoms with Crippen molar-refractivity contribution in [2.45, 2.75) is 20.2 Å². The highest BCUT2D eigenvalue weighted by molar-refractivity contribution is 7.74. The summed E-state index contributed by atoms with van der Waals surface area (Å²) in [4.78, 5) is 0. The molecule has 0 aromatic rings. The van der Waals surface area contributed by atoms with Crippen molar-refractivity contribution in [2.75, 3.05) is 40.4 Å². The van der Waals surface area contributed by atoms with E-state index >= 15 is 0 Å². The van der Waals surface area contributed by atoms with Crippen molar-refractivity contribution in [2.24, 2.45) is 0 Å². The number of methoxy groups -OCH3 is 1. The smallest absolute Gasteiger partial charge is 0.534 e. The standard InChI is InChI=1S/C8H20NO.CHF3O3S/c1-5-9(3,6-2)7-8-10-4;2-1(3,4)7-8(5)6/h5-8H2,1-4H3;(H,5,6)/q+1;/p-1. The molecule has 0 bridgehead atoms. The molecule has 112 valence electrons. The van der Waals surface area contributed by atoms with Crippen LogP contribution in [0.15, 0.2) is 0 Å². The van der Waals surface area contributed by atoms with Gasteiger partial charge in [-0.15, -0.1) is 13.2 Å². The third-order valence-corrected chi connectivity index (χ3v) is 2.85. The van der Waals surface area contributed by atoms with Crippen molar-refractivity contribution in [1.82, 2.24) is 0 Å². The lowest BCUT2D eigenvalue weighted by Gasteiger charge is -2.31. The van der Waals surface area contributed by atoms with Crippen LogP contribution in [-0.4, -0.2) is 60.0 Å². The maximum Gasteiger partial charge on any atom is 0.534 e. The maximum atomic E-state index is 10.7. The largest absolute Gasteiger partial charge is 0.750 e. The molecule has 0 amide bonds. The zero-order valence-electron chi connectivity index (χ0n) is 11.0. The van der Waals surface area contributed by atoms with Gasteiger partial charge < -0.3 is 13.8 Å². The molecule has 1 unspecified atom stereocenters. The summed E-state index contributed by atoms with van der Waals surface area (Å²) in [6.45, 7) is 8.83. The minimum absolute atomic E-state index is 0.873. The molecule has 0 fully saturated rings. The lowest BCUT2D eigenvalue weighted by molar-refractivity contribution is -0.906. The van der Waals surface area contributed by atoms with Crippen LogP contribution >= 0.6 is 0 Å². The first-order chi connectivity index (χ1) is 8.10. The minimum Gasteiger partial charge on any atom is -0.750 e. The van der Waals surface area contributed by atoms with Gasteiger partial charge in [-0.05, 0) is 13.8 Å². The number of hydrogen-bond acceptors (Lipinski definition) is 4. The SMILES string of the molecule is CC[N+](C)(CC)CCOC.O=S([O-])OC(F)(F)F. The van der Waals surface area contributed by atoms with Gasteiger partial charge in [0.15, 0.2) is 0 Å². The van der Waals surface area contributed by atoms with Crippen LogP contribution in [0.1, 0.15) is 13.8 Å². The number of halogens is 3. The van der Waals surface area contributed by atoms with Crippen LogP contribution in [-0.2, 0) is 20.3 Å². The second-order valence-electron chi connectivity index (χ2n) is 3.70. The Bertz CT molecular complexity index is 234. The third kappa shape index (κ3) is 13.8. The number of nitrogens with zero attached hydrogens (tertiary/aromatic N) is 1. The first-order valence-electron chi connectivity index (χ1n) is 5.28. The Labute approximate surface area is 108 Å². The Balaban J connectivity index is 0. The van der Waals surface area contributed by atoms with E-state index in [0.717, 1.165) is 17.6 Å². The number of rotatable bonds is 6. The van der Waals surface area contributed by atoms with Crippen LogP contribution in [0, 0.1) is 0 Å². The zero-order valence-corrected chi connectivity index (χ0v) is 11.8. The summed E-state index contributed by atoms with van der Waals surface area (Å²) in [6.07, 6.45) is -5.09. The van der Waals surface area contributed by atoms with Gasteiger partial charge in [-0.1, -0.05) is 0 Å². The molecule has 0 radical (unpaired) electrons. The number of hydrogen-bond donors (Lipinski definition) is 0. The second-order valence-corrected chi connectivity index (χ2v) is 4.28. The lowest BCUT2D eigenvalue weighted by Crippen LogP contribution is -2.45. The predicted molar refractivity (Wildman–Crippen MR) is 60.1 cm³/mol. The first kappa shape index (κ1) is 20.1. The first-order valence-corrected chi connectivity index (χ1v) is 6.28. The summed E-state index contributed by atoms with van der Waals surface area (Å²) in [5.41, 5.74) is 0. The fraction of sp³-hybridized carbons (Fsp3) is 1.00. The van der Waals surface area contributed by atoms with Gasteiger partial charge in [-0.25, -0.2) is 8.39 Å². The topological polar surface area (TPSA) is 58.6 Å². The molecule has 0 spiro atoms. The molecule has 0 aromatic heterocycles. The molecule has 0 heterocycles. The van der Waals surface area contributed by atoms with Gasteiger partial charge in [0.2, 0.25) is 0 Å². The highest BCUT2D eigenvalue weighted by Crippen LogP contribution is 2.16. The van der Waals surface area contributed by atoms with Crippen molar-refractivity contribution < 1.29 is 35.3 Å². The number of alkyl halides is 3. The molecule has 0 aliphatic heterocycles. The monoisotopic (exact) mass is 295 g/mol. The second kappa shape index (κ2) is 9.68. The van der Waals surface area contributed by atoms with Crippen molar-refractivity contribution in [1.29, 1.82) is 0 Å². The molecular weight excluding hydrogens is 275 g/mol. The lowest BCUT2D eigenvalue weighted by atomic mass is 10.4. The van der Waals surface area contributed by atoms with Gasteiger partial charge in [0.25, 0.3) is 0 Å². The number of quaternary nitrogens is 1. The van der Waals surface area contributed by atoms with Crippen LogP contribution in [0.25, 0.3) is 0 Å². The van der Waals surface area contributed by atoms with E-state index in [4.69, 9.17) is 13.5 Å². The van der Waals surface area contributed by atoms with Gasteiger partial charge in [0.1, 0.15) is 6.54 Å². The summed E-state index contributed by atoms with van der Waals surface area (Å²) in [6, 6.07) is 0. The molecule has 0 rings (SSSR count). The summed E-state index contributed by atoms with van der Waals surface area (Å²) < 4.78 is 58.7. The van der Waals surface area contributed by atoms with Crippen molar-refractivity contribution >= 4 is 11.4 Å². The number of ether oxygens (including phenoxy) is 1. The van der Waals surface area contributed by atoms with Gasteiger partial charge in [0.05, 0.1) is 38.1 Å². The normalized spacial score (nSPS) is 13.8. The Hall–Kier alpha value is -0.220. The summed E-state index contributed by atoms with van der Waals surface area (Å²) in [7, 11) is 4.02. The Kier molecular flexibility index (Phi) is 10.8. The fourth-order valence-electron chi connectivity index (χ4n) is 0.929. The summed E-state index contributed by atoms with van der Waals surface area (Å²) >= 11 is -3.51. The predicted octanol–water partition coefficient (Wildman–Crippen LogP) is 1.44. The number of likely N-dealkylation sites (N-methyl/N-ethyl adjacent to an activating group) is 1. The third-order valence-electron chi connectivity index (χ3n) is 2.52. The molecule has 0 saturated carbocycles. The van der Waals surface area contributed by atoms with Crippen molar-refractivity contribution in [3.8, 4) is 0 Å². The molecule has 1 atom stereocenters. The average Bonchev–Trinajstić information content (AvgIpc) is 2.23. The molecule has 0 saturated heterocycles. The molecular formula is C9H20F3NO4S. The van der Waals surface area contributed by atoms with Crippen LogP contribution in [0.5, 0.6) is 0 Å². The van der Waals surface area contributed by atoms with Crippen LogP contribution in [0.4, 0.5) is 13.2 Å². The summed E-state index contributed by atoms with van der Waals surface area (Å²) in [5, 5.41) is 0. The highest BCUT2D eigenvalue weighted by Gasteiger charge is 2.30. The van der Waals surface area contributed by atoms with Gasteiger partial charge in [-0.3, -0.25) is 0 Å². The molecule has 9 heteroatoms. The van der Waals surface area contributed by atoms with E-state index in [-0.39, 0.29) is 0 Å². The fourth-order valence-corrected chi connectivity index (χ4v) is 1.08.